The van der Waals surface area contributed by atoms with E-state index < -0.39 is 0 Å². The summed E-state index contributed by atoms with van der Waals surface area (Å²) in [5, 5.41) is 15.2. The molecule has 2 aromatic carbocycles. The number of fused-ring (bicyclic) bond motifs is 1. The summed E-state index contributed by atoms with van der Waals surface area (Å²) in [7, 11) is 3.23. The minimum absolute atomic E-state index is 0.0869. The summed E-state index contributed by atoms with van der Waals surface area (Å²) in [4.78, 5) is 46.7. The predicted molar refractivity (Wildman–Crippen MR) is 167 cm³/mol. The molecule has 0 spiro atoms. The number of nitrogens with two attached hydrogens (primary N) is 1. The van der Waals surface area contributed by atoms with E-state index in [1.807, 2.05) is 31.2 Å². The number of benzene rings is 2. The molecule has 5 N–H and O–H groups in total. The average Bonchev–Trinajstić information content (AvgIpc) is 3.41. The lowest BCUT2D eigenvalue weighted by Crippen LogP contribution is -2.30. The van der Waals surface area contributed by atoms with E-state index >= 15 is 0 Å². The Balaban J connectivity index is 1.40. The van der Waals surface area contributed by atoms with Gasteiger partial charge in [-0.25, -0.2) is 4.98 Å². The minimum atomic E-state index is -0.344. The number of likely N-dealkylation sites (N-methyl/N-ethyl adjacent to an activating group) is 1. The molecule has 5 rings (SSSR count). The number of aromatic nitrogens is 2. The highest BCUT2D eigenvalue weighted by Crippen LogP contribution is 2.32. The summed E-state index contributed by atoms with van der Waals surface area (Å²) in [6, 6.07) is 12.4. The van der Waals surface area contributed by atoms with E-state index in [1.54, 1.807) is 49.8 Å². The lowest BCUT2D eigenvalue weighted by Gasteiger charge is -2.17. The van der Waals surface area contributed by atoms with Crippen LogP contribution in [0, 0.1) is 6.92 Å². The van der Waals surface area contributed by atoms with E-state index in [4.69, 9.17) is 10.8 Å². The zero-order valence-electron chi connectivity index (χ0n) is 23.9. The fraction of sp³-hybridized carbons (Fsp3) is 0.290. The fourth-order valence-corrected chi connectivity index (χ4v) is 6.23. The van der Waals surface area contributed by atoms with Crippen molar-refractivity contribution < 1.29 is 14.7 Å². The van der Waals surface area contributed by atoms with Gasteiger partial charge in [-0.1, -0.05) is 12.1 Å². The minimum Gasteiger partial charge on any atom is -0.398 e. The maximum absolute atomic E-state index is 13.1. The average molecular weight is 587 g/mol. The second-order valence-corrected chi connectivity index (χ2v) is 11.6. The Kier molecular flexibility index (Phi) is 8.41. The summed E-state index contributed by atoms with van der Waals surface area (Å²) in [5.41, 5.74) is 10.9. The molecule has 1 aliphatic rings. The summed E-state index contributed by atoms with van der Waals surface area (Å²) >= 11 is 1.57. The Morgan fingerprint density at radius 1 is 1.17 bits per heavy atom. The Bertz CT molecular complexity index is 1700. The van der Waals surface area contributed by atoms with Crippen LogP contribution >= 0.6 is 11.3 Å². The zero-order chi connectivity index (χ0) is 30.0. The number of hydrogen-bond acceptors (Lipinski definition) is 8. The number of aryl methyl sites for hydroxylation is 3. The van der Waals surface area contributed by atoms with Crippen LogP contribution < -0.4 is 21.9 Å². The summed E-state index contributed by atoms with van der Waals surface area (Å²) in [6.07, 6.45) is 6.05. The molecule has 0 bridgehead atoms. The third-order valence-electron chi connectivity index (χ3n) is 7.48. The molecular weight excluding hydrogens is 552 g/mol. The van der Waals surface area contributed by atoms with Gasteiger partial charge in [0, 0.05) is 54.3 Å². The molecule has 0 atom stereocenters. The smallest absolute Gasteiger partial charge is 0.293 e. The van der Waals surface area contributed by atoms with Gasteiger partial charge in [-0.2, -0.15) is 0 Å². The highest BCUT2D eigenvalue weighted by molar-refractivity contribution is 7.14. The van der Waals surface area contributed by atoms with Crippen molar-refractivity contribution >= 4 is 46.0 Å². The molecule has 10 nitrogen and oxygen atoms in total. The van der Waals surface area contributed by atoms with E-state index in [1.165, 1.54) is 26.3 Å². The van der Waals surface area contributed by atoms with Gasteiger partial charge in [-0.15, -0.1) is 11.3 Å². The number of anilines is 4. The molecule has 4 aromatic rings. The number of nitrogens with zero attached hydrogens (tertiary/aromatic N) is 3. The number of carbonyl (C=O) groups is 2. The van der Waals surface area contributed by atoms with E-state index in [0.29, 0.717) is 27.5 Å². The van der Waals surface area contributed by atoms with Crippen LogP contribution in [0.3, 0.4) is 0 Å². The monoisotopic (exact) mass is 586 g/mol. The van der Waals surface area contributed by atoms with Crippen LogP contribution in [0.15, 0.2) is 53.5 Å². The quantitative estimate of drug-likeness (QED) is 0.225. The highest BCUT2D eigenvalue weighted by atomic mass is 32.1. The van der Waals surface area contributed by atoms with Gasteiger partial charge >= 0.3 is 0 Å². The Labute approximate surface area is 247 Å². The van der Waals surface area contributed by atoms with Gasteiger partial charge in [0.05, 0.1) is 22.7 Å². The number of aliphatic hydroxyl groups excluding tert-OH is 1. The Hall–Kier alpha value is -4.48. The van der Waals surface area contributed by atoms with Gasteiger partial charge in [-0.3, -0.25) is 14.4 Å². The van der Waals surface area contributed by atoms with Crippen LogP contribution in [-0.4, -0.2) is 51.6 Å². The SMILES string of the molecule is Cc1c(NC(=O)c2cc3c(s2)CCCC3)cccc1-c1cn(C)c(=O)c(Nc2ccc(C(=O)N(C)CCO)c(N)c2)n1. The van der Waals surface area contributed by atoms with Gasteiger partial charge in [0.25, 0.3) is 17.4 Å². The molecule has 0 aliphatic heterocycles. The van der Waals surface area contributed by atoms with Crippen molar-refractivity contribution in [3.8, 4) is 11.3 Å². The maximum Gasteiger partial charge on any atom is 0.293 e. The predicted octanol–water partition coefficient (Wildman–Crippen LogP) is 4.34. The van der Waals surface area contributed by atoms with Gasteiger partial charge < -0.3 is 30.9 Å². The van der Waals surface area contributed by atoms with Gasteiger partial charge in [-0.05, 0) is 74.1 Å². The van der Waals surface area contributed by atoms with Crippen molar-refractivity contribution in [1.82, 2.24) is 14.5 Å². The lowest BCUT2D eigenvalue weighted by atomic mass is 9.99. The Morgan fingerprint density at radius 2 is 1.95 bits per heavy atom. The lowest BCUT2D eigenvalue weighted by molar-refractivity contribution is 0.0768. The summed E-state index contributed by atoms with van der Waals surface area (Å²) in [5.74, 6) is -0.360. The van der Waals surface area contributed by atoms with E-state index in [9.17, 15) is 14.4 Å². The molecule has 218 valence electrons. The summed E-state index contributed by atoms with van der Waals surface area (Å²) in [6.45, 7) is 1.94. The molecule has 2 aromatic heterocycles. The van der Waals surface area contributed by atoms with Crippen LogP contribution in [0.25, 0.3) is 11.3 Å². The van der Waals surface area contributed by atoms with Gasteiger partial charge in [0.15, 0.2) is 5.82 Å². The van der Waals surface area contributed by atoms with Crippen molar-refractivity contribution in [2.24, 2.45) is 7.05 Å². The first-order valence-electron chi connectivity index (χ1n) is 13.8. The first-order valence-corrected chi connectivity index (χ1v) is 14.6. The van der Waals surface area contributed by atoms with Crippen LogP contribution in [0.5, 0.6) is 0 Å². The number of nitrogen functional groups attached to an aromatic ring is 1. The number of aliphatic hydroxyl groups is 1. The molecule has 2 amide bonds. The van der Waals surface area contributed by atoms with Crippen molar-refractivity contribution in [3.05, 3.63) is 85.5 Å². The molecule has 0 radical (unpaired) electrons. The van der Waals surface area contributed by atoms with Crippen LogP contribution in [0.2, 0.25) is 0 Å². The third kappa shape index (κ3) is 5.93. The van der Waals surface area contributed by atoms with E-state index in [2.05, 4.69) is 15.6 Å². The van der Waals surface area contributed by atoms with Crippen LogP contribution in [0.4, 0.5) is 22.9 Å². The van der Waals surface area contributed by atoms with Crippen molar-refractivity contribution in [2.75, 3.05) is 36.6 Å². The molecule has 2 heterocycles. The number of rotatable bonds is 8. The van der Waals surface area contributed by atoms with Gasteiger partial charge in [0.1, 0.15) is 0 Å². The zero-order valence-corrected chi connectivity index (χ0v) is 24.7. The van der Waals surface area contributed by atoms with E-state index in [0.717, 1.165) is 30.4 Å². The second-order valence-electron chi connectivity index (χ2n) is 10.5. The van der Waals surface area contributed by atoms with Crippen LogP contribution in [-0.2, 0) is 19.9 Å². The van der Waals surface area contributed by atoms with Gasteiger partial charge in [0.2, 0.25) is 0 Å². The second kappa shape index (κ2) is 12.2. The number of thiophene rings is 1. The standard InChI is InChI=1S/C31H34N6O4S/c1-18-21(8-6-9-24(18)35-29(39)27-15-19-7-4-5-10-26(19)42-27)25-17-37(3)31(41)28(34-25)33-20-11-12-22(23(32)16-20)30(40)36(2)13-14-38/h6,8-9,11-12,15-17,38H,4-5,7,10,13-14,32H2,1-3H3,(H,33,34)(H,35,39). The van der Waals surface area contributed by atoms with Crippen LogP contribution in [0.1, 0.15) is 48.9 Å². The topological polar surface area (TPSA) is 143 Å². The first kappa shape index (κ1) is 29.0. The molecule has 11 heteroatoms. The van der Waals surface area contributed by atoms with Crippen molar-refractivity contribution in [2.45, 2.75) is 32.6 Å². The summed E-state index contributed by atoms with van der Waals surface area (Å²) < 4.78 is 1.44. The molecule has 0 saturated carbocycles. The molecule has 0 saturated heterocycles. The molecule has 0 fully saturated rings. The van der Waals surface area contributed by atoms with E-state index in [-0.39, 0.29) is 42.0 Å². The largest absolute Gasteiger partial charge is 0.398 e. The molecule has 42 heavy (non-hydrogen) atoms. The number of carbonyl (C=O) groups excluding carboxylic acids is 2. The first-order chi connectivity index (χ1) is 20.2. The number of hydrogen-bond donors (Lipinski definition) is 4. The normalized spacial score (nSPS) is 12.5. The van der Waals surface area contributed by atoms with Crippen molar-refractivity contribution in [1.29, 1.82) is 0 Å². The molecular formula is C31H34N6O4S. The molecule has 1 aliphatic carbocycles. The Morgan fingerprint density at radius 3 is 2.69 bits per heavy atom. The number of amides is 2. The highest BCUT2D eigenvalue weighted by Gasteiger charge is 2.20. The molecule has 0 unspecified atom stereocenters. The van der Waals surface area contributed by atoms with Crippen molar-refractivity contribution in [3.63, 3.8) is 0 Å². The number of nitrogens with one attached hydrogen (secondary N) is 2. The third-order valence-corrected chi connectivity index (χ3v) is 8.71. The maximum atomic E-state index is 13.1. The fourth-order valence-electron chi connectivity index (χ4n) is 5.08.